The number of nitriles is 1. The van der Waals surface area contributed by atoms with Crippen LogP contribution >= 0.6 is 0 Å². The fraction of sp³-hybridized carbons (Fsp3) is 0.392. The summed E-state index contributed by atoms with van der Waals surface area (Å²) >= 11 is 0. The molecule has 7 nitrogen and oxygen atoms in total. The molecule has 0 bridgehead atoms. The minimum Gasteiger partial charge on any atom is -0.357 e. The van der Waals surface area contributed by atoms with Crippen LogP contribution in [0.3, 0.4) is 0 Å². The Morgan fingerprint density at radius 1 is 0.828 bits per heavy atom. The average Bonchev–Trinajstić information content (AvgIpc) is 4.10. The zero-order chi connectivity index (χ0) is 40.0. The molecule has 3 heterocycles. The van der Waals surface area contributed by atoms with E-state index in [1.807, 2.05) is 17.1 Å². The highest BCUT2D eigenvalue weighted by molar-refractivity contribution is 5.61. The summed E-state index contributed by atoms with van der Waals surface area (Å²) < 4.78 is 5.22. The van der Waals surface area contributed by atoms with Gasteiger partial charge in [0.2, 0.25) is 6.33 Å². The summed E-state index contributed by atoms with van der Waals surface area (Å²) in [5, 5.41) is 14.5. The fourth-order valence-electron chi connectivity index (χ4n) is 10.3. The zero-order valence-corrected chi connectivity index (χ0v) is 34.2. The SMILES string of the molecule is [C-]#[N+]n1c[c-][n+](-c2cc(CC3(C)CCCC3)cc(C(c3ccccc3)(c3ccccc3)c3cc(CC4(CCCCCC)CCCC4)cc(-n4ccc(C#N)n4)n3)c2)c1. The molecule has 0 saturated heterocycles. The molecule has 0 N–H and O–H groups in total. The predicted molar refractivity (Wildman–Crippen MR) is 228 cm³/mol. The number of hydrogen-bond acceptors (Lipinski definition) is 3. The van der Waals surface area contributed by atoms with Crippen LogP contribution in [0, 0.1) is 34.9 Å². The first kappa shape index (κ1) is 39.1. The Morgan fingerprint density at radius 3 is 2.16 bits per heavy atom. The van der Waals surface area contributed by atoms with Crippen LogP contribution in [0.1, 0.15) is 137 Å². The van der Waals surface area contributed by atoms with Crippen molar-refractivity contribution in [1.82, 2.24) is 19.4 Å². The average molecular weight is 766 g/mol. The first-order chi connectivity index (χ1) is 28.3. The number of rotatable bonds is 15. The van der Waals surface area contributed by atoms with Crippen molar-refractivity contribution in [2.45, 2.75) is 116 Å². The van der Waals surface area contributed by atoms with E-state index in [-0.39, 0.29) is 10.8 Å². The molecule has 2 aliphatic rings. The maximum Gasteiger partial charge on any atom is 0.220 e. The van der Waals surface area contributed by atoms with Crippen molar-refractivity contribution >= 4 is 0 Å². The van der Waals surface area contributed by atoms with E-state index in [9.17, 15) is 5.26 Å². The lowest BCUT2D eigenvalue weighted by Gasteiger charge is -2.38. The monoisotopic (exact) mass is 765 g/mol. The molecule has 2 saturated carbocycles. The third-order valence-corrected chi connectivity index (χ3v) is 13.2. The van der Waals surface area contributed by atoms with Crippen molar-refractivity contribution in [3.63, 3.8) is 0 Å². The molecule has 3 aromatic heterocycles. The Balaban J connectivity index is 1.41. The third kappa shape index (κ3) is 8.01. The number of hydrogen-bond donors (Lipinski definition) is 0. The van der Waals surface area contributed by atoms with E-state index >= 15 is 0 Å². The Labute approximate surface area is 344 Å². The molecule has 6 aromatic rings. The quantitative estimate of drug-likeness (QED) is 0.0452. The Kier molecular flexibility index (Phi) is 11.4. The predicted octanol–water partition coefficient (Wildman–Crippen LogP) is 11.3. The Hall–Kier alpha value is -5.79. The summed E-state index contributed by atoms with van der Waals surface area (Å²) in [6.07, 6.45) is 27.0. The van der Waals surface area contributed by atoms with Crippen molar-refractivity contribution in [1.29, 1.82) is 5.26 Å². The van der Waals surface area contributed by atoms with Gasteiger partial charge in [0.1, 0.15) is 12.3 Å². The summed E-state index contributed by atoms with van der Waals surface area (Å²) in [6, 6.07) is 37.3. The van der Waals surface area contributed by atoms with E-state index in [1.54, 1.807) is 16.9 Å². The lowest BCUT2D eigenvalue weighted by atomic mass is 9.66. The van der Waals surface area contributed by atoms with E-state index in [2.05, 4.69) is 122 Å². The zero-order valence-electron chi connectivity index (χ0n) is 34.2. The first-order valence-corrected chi connectivity index (χ1v) is 21.5. The summed E-state index contributed by atoms with van der Waals surface area (Å²) in [4.78, 5) is 9.29. The van der Waals surface area contributed by atoms with Crippen molar-refractivity contribution in [2.24, 2.45) is 10.8 Å². The van der Waals surface area contributed by atoms with Gasteiger partial charge in [-0.15, -0.1) is 0 Å². The standard InChI is InChI=1S/C51H55N7/c1-4-5-6-13-25-50(26-16-17-27-50)37-41-33-47(54-48(34-41)58-28-22-45(38-52)55-58)51(42-18-9-7-10-19-42,43-20-11-8-12-21-43)44-31-40(36-49(2)23-14-15-24-49)32-46(35-44)56-29-30-57(39-56)53-3/h7-12,18-22,28,30-35,39H,4-6,13-17,23-27,36-37H2,1-2H3. The number of unbranched alkanes of at least 4 members (excludes halogenated alkanes) is 3. The molecule has 2 fully saturated rings. The normalized spacial score (nSPS) is 15.9. The van der Waals surface area contributed by atoms with Crippen LogP contribution in [-0.2, 0) is 18.3 Å². The molecule has 294 valence electrons. The van der Waals surface area contributed by atoms with E-state index in [0.717, 1.165) is 46.7 Å². The van der Waals surface area contributed by atoms with Gasteiger partial charge in [0.05, 0.1) is 17.3 Å². The smallest absolute Gasteiger partial charge is 0.220 e. The van der Waals surface area contributed by atoms with Crippen molar-refractivity contribution < 1.29 is 4.57 Å². The lowest BCUT2D eigenvalue weighted by Crippen LogP contribution is -2.35. The molecule has 58 heavy (non-hydrogen) atoms. The maximum atomic E-state index is 9.84. The van der Waals surface area contributed by atoms with Gasteiger partial charge in [-0.05, 0) is 96.2 Å². The van der Waals surface area contributed by atoms with Crippen LogP contribution in [-0.4, -0.2) is 19.4 Å². The number of aromatic nitrogens is 5. The summed E-state index contributed by atoms with van der Waals surface area (Å²) in [5.41, 5.74) is 7.75. The fourth-order valence-corrected chi connectivity index (χ4v) is 10.3. The van der Waals surface area contributed by atoms with Crippen LogP contribution in [0.15, 0.2) is 116 Å². The van der Waals surface area contributed by atoms with Gasteiger partial charge in [0, 0.05) is 16.6 Å². The molecule has 3 aromatic carbocycles. The van der Waals surface area contributed by atoms with Crippen molar-refractivity contribution in [3.8, 4) is 17.6 Å². The van der Waals surface area contributed by atoms with Gasteiger partial charge >= 0.3 is 0 Å². The maximum absolute atomic E-state index is 9.84. The molecular formula is C51H55N7. The number of nitrogens with zero attached hydrogens (tertiary/aromatic N) is 7. The van der Waals surface area contributed by atoms with Crippen LogP contribution in [0.25, 0.3) is 16.5 Å². The molecule has 0 spiro atoms. The third-order valence-electron chi connectivity index (χ3n) is 13.2. The molecule has 0 atom stereocenters. The van der Waals surface area contributed by atoms with E-state index < -0.39 is 5.41 Å². The van der Waals surface area contributed by atoms with E-state index in [0.29, 0.717) is 5.69 Å². The van der Waals surface area contributed by atoms with E-state index in [1.165, 1.54) is 99.3 Å². The number of benzene rings is 3. The van der Waals surface area contributed by atoms with Gasteiger partial charge < -0.3 is 4.57 Å². The first-order valence-electron chi connectivity index (χ1n) is 21.5. The molecule has 2 aliphatic carbocycles. The highest BCUT2D eigenvalue weighted by atomic mass is 15.3. The number of pyridine rings is 1. The van der Waals surface area contributed by atoms with Crippen LogP contribution in [0.5, 0.6) is 0 Å². The molecule has 0 radical (unpaired) electrons. The van der Waals surface area contributed by atoms with Gasteiger partial charge in [-0.25, -0.2) is 9.67 Å². The molecule has 0 amide bonds. The summed E-state index contributed by atoms with van der Waals surface area (Å²) in [6.45, 7) is 12.4. The highest BCUT2D eigenvalue weighted by Crippen LogP contribution is 2.49. The van der Waals surface area contributed by atoms with Gasteiger partial charge in [-0.2, -0.15) is 16.9 Å². The van der Waals surface area contributed by atoms with Gasteiger partial charge in [0.25, 0.3) is 0 Å². The van der Waals surface area contributed by atoms with Gasteiger partial charge in [0.15, 0.2) is 11.5 Å². The lowest BCUT2D eigenvalue weighted by molar-refractivity contribution is -0.599. The highest BCUT2D eigenvalue weighted by Gasteiger charge is 2.42. The van der Waals surface area contributed by atoms with Gasteiger partial charge in [-0.3, -0.25) is 0 Å². The summed E-state index contributed by atoms with van der Waals surface area (Å²) in [7, 11) is 0. The van der Waals surface area contributed by atoms with E-state index in [4.69, 9.17) is 16.7 Å². The largest absolute Gasteiger partial charge is 0.357 e. The van der Waals surface area contributed by atoms with Crippen molar-refractivity contribution in [2.75, 3.05) is 0 Å². The topological polar surface area (TPSA) is 67.7 Å². The van der Waals surface area contributed by atoms with Gasteiger partial charge in [-0.1, -0.05) is 155 Å². The minimum atomic E-state index is -0.841. The second kappa shape index (κ2) is 17.0. The van der Waals surface area contributed by atoms with Crippen molar-refractivity contribution in [3.05, 3.63) is 173 Å². The Bertz CT molecular complexity index is 2360. The number of imidazole rings is 1. The van der Waals surface area contributed by atoms with Crippen LogP contribution in [0.4, 0.5) is 0 Å². The molecule has 8 rings (SSSR count). The molecule has 0 unspecified atom stereocenters. The van der Waals surface area contributed by atoms with Crippen LogP contribution in [0.2, 0.25) is 0 Å². The minimum absolute atomic E-state index is 0.214. The molecule has 7 heteroatoms. The summed E-state index contributed by atoms with van der Waals surface area (Å²) in [5.74, 6) is 0.719. The Morgan fingerprint density at radius 2 is 1.52 bits per heavy atom. The second-order valence-corrected chi connectivity index (χ2v) is 17.5. The second-order valence-electron chi connectivity index (χ2n) is 17.5. The van der Waals surface area contributed by atoms with Crippen LogP contribution < -0.4 is 4.57 Å². The molecule has 0 aliphatic heterocycles. The molecular weight excluding hydrogens is 711 g/mol.